The molecule has 0 saturated carbocycles. The molecule has 2 amide bonds. The monoisotopic (exact) mass is 315 g/mol. The van der Waals surface area contributed by atoms with E-state index in [0.717, 1.165) is 15.8 Å². The van der Waals surface area contributed by atoms with Crippen LogP contribution in [0.25, 0.3) is 10.2 Å². The molecule has 112 valence electrons. The first-order valence-electron chi connectivity index (χ1n) is 6.85. The first-order chi connectivity index (χ1) is 10.7. The molecule has 0 fully saturated rings. The van der Waals surface area contributed by atoms with Gasteiger partial charge in [-0.2, -0.15) is 0 Å². The van der Waals surface area contributed by atoms with Crippen LogP contribution >= 0.6 is 11.3 Å². The normalized spacial score (nSPS) is 10.6. The van der Waals surface area contributed by atoms with E-state index in [0.29, 0.717) is 18.1 Å². The molecule has 1 aromatic heterocycles. The third-order valence-electron chi connectivity index (χ3n) is 3.13. The fourth-order valence-electron chi connectivity index (χ4n) is 2.04. The Morgan fingerprint density at radius 1 is 1.14 bits per heavy atom. The zero-order chi connectivity index (χ0) is 15.4. The maximum Gasteiger partial charge on any atom is 0.321 e. The van der Waals surface area contributed by atoms with E-state index in [1.807, 2.05) is 24.3 Å². The zero-order valence-corrected chi connectivity index (χ0v) is 12.5. The molecule has 6 heteroatoms. The van der Waals surface area contributed by atoms with Gasteiger partial charge >= 0.3 is 6.03 Å². The summed E-state index contributed by atoms with van der Waals surface area (Å²) < 4.78 is 13.8. The van der Waals surface area contributed by atoms with Crippen molar-refractivity contribution in [2.45, 2.75) is 6.42 Å². The molecule has 3 rings (SSSR count). The van der Waals surface area contributed by atoms with E-state index in [9.17, 15) is 9.18 Å². The average Bonchev–Trinajstić information content (AvgIpc) is 2.91. The highest BCUT2D eigenvalue weighted by Crippen LogP contribution is 2.25. The van der Waals surface area contributed by atoms with Gasteiger partial charge in [0.25, 0.3) is 0 Å². The van der Waals surface area contributed by atoms with E-state index in [1.54, 1.807) is 12.1 Å². The second-order valence-electron chi connectivity index (χ2n) is 4.74. The van der Waals surface area contributed by atoms with E-state index in [2.05, 4.69) is 15.6 Å². The molecular weight excluding hydrogens is 301 g/mol. The molecule has 0 atom stereocenters. The van der Waals surface area contributed by atoms with E-state index < -0.39 is 0 Å². The number of nitrogens with one attached hydrogen (secondary N) is 2. The fourth-order valence-corrected chi connectivity index (χ4v) is 2.90. The highest BCUT2D eigenvalue weighted by molar-refractivity contribution is 7.22. The first-order valence-corrected chi connectivity index (χ1v) is 7.67. The number of nitrogens with zero attached hydrogens (tertiary/aromatic N) is 1. The van der Waals surface area contributed by atoms with Crippen LogP contribution in [0.4, 0.5) is 14.3 Å². The van der Waals surface area contributed by atoms with Crippen LogP contribution in [-0.4, -0.2) is 17.6 Å². The molecule has 0 bridgehead atoms. The summed E-state index contributed by atoms with van der Waals surface area (Å²) in [5, 5.41) is 6.06. The lowest BCUT2D eigenvalue weighted by Gasteiger charge is -2.05. The van der Waals surface area contributed by atoms with Crippen LogP contribution in [0.1, 0.15) is 5.56 Å². The van der Waals surface area contributed by atoms with Crippen molar-refractivity contribution in [1.29, 1.82) is 0 Å². The minimum absolute atomic E-state index is 0.259. The van der Waals surface area contributed by atoms with Crippen LogP contribution in [0.3, 0.4) is 0 Å². The smallest absolute Gasteiger partial charge is 0.321 e. The van der Waals surface area contributed by atoms with Gasteiger partial charge in [0.2, 0.25) is 0 Å². The number of aromatic nitrogens is 1. The molecule has 0 aliphatic carbocycles. The first kappa shape index (κ1) is 14.5. The molecule has 3 aromatic rings. The van der Waals surface area contributed by atoms with Crippen molar-refractivity contribution in [2.24, 2.45) is 0 Å². The predicted octanol–water partition coefficient (Wildman–Crippen LogP) is 3.80. The fraction of sp³-hybridized carbons (Fsp3) is 0.125. The Labute approximate surface area is 131 Å². The number of carbonyl (C=O) groups excluding carboxylic acids is 1. The van der Waals surface area contributed by atoms with Crippen molar-refractivity contribution < 1.29 is 9.18 Å². The molecule has 0 unspecified atom stereocenters. The summed E-state index contributed by atoms with van der Waals surface area (Å²) in [6.07, 6.45) is 0.646. The van der Waals surface area contributed by atoms with Crippen LogP contribution in [-0.2, 0) is 6.42 Å². The largest absolute Gasteiger partial charge is 0.337 e. The van der Waals surface area contributed by atoms with Gasteiger partial charge in [0.1, 0.15) is 5.82 Å². The molecule has 1 heterocycles. The Morgan fingerprint density at radius 2 is 1.91 bits per heavy atom. The molecular formula is C16H14FN3OS. The van der Waals surface area contributed by atoms with Gasteiger partial charge in [0, 0.05) is 6.54 Å². The number of hydrogen-bond donors (Lipinski definition) is 2. The second kappa shape index (κ2) is 6.53. The number of thiazole rings is 1. The van der Waals surface area contributed by atoms with Crippen molar-refractivity contribution in [3.8, 4) is 0 Å². The van der Waals surface area contributed by atoms with Crippen LogP contribution in [0.2, 0.25) is 0 Å². The highest BCUT2D eigenvalue weighted by atomic mass is 32.1. The summed E-state index contributed by atoms with van der Waals surface area (Å²) in [5.41, 5.74) is 1.84. The molecule has 0 spiro atoms. The van der Waals surface area contributed by atoms with Gasteiger partial charge in [-0.1, -0.05) is 35.6 Å². The summed E-state index contributed by atoms with van der Waals surface area (Å²) in [5.74, 6) is -0.259. The SMILES string of the molecule is O=C(NCCc1ccc(F)cc1)Nc1nc2ccccc2s1. The number of halogens is 1. The molecule has 2 N–H and O–H groups in total. The van der Waals surface area contributed by atoms with Crippen molar-refractivity contribution in [2.75, 3.05) is 11.9 Å². The zero-order valence-electron chi connectivity index (χ0n) is 11.7. The van der Waals surface area contributed by atoms with Gasteiger partial charge < -0.3 is 5.32 Å². The predicted molar refractivity (Wildman–Crippen MR) is 86.7 cm³/mol. The van der Waals surface area contributed by atoms with Gasteiger partial charge in [-0.15, -0.1) is 0 Å². The minimum atomic E-state index is -0.291. The van der Waals surface area contributed by atoms with Crippen LogP contribution in [0.5, 0.6) is 0 Å². The molecule has 0 aliphatic rings. The maximum absolute atomic E-state index is 12.8. The van der Waals surface area contributed by atoms with Crippen molar-refractivity contribution in [1.82, 2.24) is 10.3 Å². The number of hydrogen-bond acceptors (Lipinski definition) is 3. The topological polar surface area (TPSA) is 54.0 Å². The van der Waals surface area contributed by atoms with E-state index in [1.165, 1.54) is 23.5 Å². The number of fused-ring (bicyclic) bond motifs is 1. The lowest BCUT2D eigenvalue weighted by Crippen LogP contribution is -2.30. The van der Waals surface area contributed by atoms with Crippen LogP contribution < -0.4 is 10.6 Å². The number of para-hydroxylation sites is 1. The van der Waals surface area contributed by atoms with Gasteiger partial charge in [-0.25, -0.2) is 14.2 Å². The lowest BCUT2D eigenvalue weighted by atomic mass is 10.1. The molecule has 4 nitrogen and oxygen atoms in total. The molecule has 0 aliphatic heterocycles. The number of amides is 2. The molecule has 2 aromatic carbocycles. The Balaban J connectivity index is 1.50. The lowest BCUT2D eigenvalue weighted by molar-refractivity contribution is 0.252. The van der Waals surface area contributed by atoms with Gasteiger partial charge in [-0.05, 0) is 36.2 Å². The number of carbonyl (C=O) groups is 1. The third-order valence-corrected chi connectivity index (χ3v) is 4.08. The van der Waals surface area contributed by atoms with Crippen molar-refractivity contribution in [3.63, 3.8) is 0 Å². The van der Waals surface area contributed by atoms with Crippen molar-refractivity contribution in [3.05, 3.63) is 59.9 Å². The molecule has 22 heavy (non-hydrogen) atoms. The number of urea groups is 1. The average molecular weight is 315 g/mol. The van der Waals surface area contributed by atoms with Crippen molar-refractivity contribution >= 4 is 32.7 Å². The quantitative estimate of drug-likeness (QED) is 0.769. The minimum Gasteiger partial charge on any atom is -0.337 e. The van der Waals surface area contributed by atoms with E-state index in [4.69, 9.17) is 0 Å². The summed E-state index contributed by atoms with van der Waals surface area (Å²) in [6.45, 7) is 0.475. The number of rotatable bonds is 4. The Kier molecular flexibility index (Phi) is 4.29. The summed E-state index contributed by atoms with van der Waals surface area (Å²) in [6, 6.07) is 13.7. The number of benzene rings is 2. The summed E-state index contributed by atoms with van der Waals surface area (Å²) in [7, 11) is 0. The Morgan fingerprint density at radius 3 is 2.68 bits per heavy atom. The summed E-state index contributed by atoms with van der Waals surface area (Å²) in [4.78, 5) is 16.2. The standard InChI is InChI=1S/C16H14FN3OS/c17-12-7-5-11(6-8-12)9-10-18-15(21)20-16-19-13-3-1-2-4-14(13)22-16/h1-8H,9-10H2,(H2,18,19,20,21). The Hall–Kier alpha value is -2.47. The maximum atomic E-state index is 12.8. The van der Waals surface area contributed by atoms with Gasteiger partial charge in [-0.3, -0.25) is 5.32 Å². The van der Waals surface area contributed by atoms with Gasteiger partial charge in [0.05, 0.1) is 10.2 Å². The van der Waals surface area contributed by atoms with E-state index >= 15 is 0 Å². The molecule has 0 radical (unpaired) electrons. The molecule has 0 saturated heterocycles. The van der Waals surface area contributed by atoms with Crippen LogP contribution in [0.15, 0.2) is 48.5 Å². The second-order valence-corrected chi connectivity index (χ2v) is 5.77. The van der Waals surface area contributed by atoms with Gasteiger partial charge in [0.15, 0.2) is 5.13 Å². The number of anilines is 1. The summed E-state index contributed by atoms with van der Waals surface area (Å²) >= 11 is 1.43. The highest BCUT2D eigenvalue weighted by Gasteiger charge is 2.06. The third kappa shape index (κ3) is 3.59. The van der Waals surface area contributed by atoms with E-state index in [-0.39, 0.29) is 11.8 Å². The Bertz CT molecular complexity index is 752. The van der Waals surface area contributed by atoms with Crippen LogP contribution in [0, 0.1) is 5.82 Å².